The third-order valence-electron chi connectivity index (χ3n) is 5.98. The Balaban J connectivity index is 1.61. The third-order valence-corrected chi connectivity index (χ3v) is 5.98. The van der Waals surface area contributed by atoms with Crippen LogP contribution in [-0.2, 0) is 0 Å². The number of methoxy groups -OCH3 is 1. The fraction of sp³-hybridized carbons (Fsp3) is 0.320. The maximum atomic E-state index is 13.3. The lowest BCUT2D eigenvalue weighted by Crippen LogP contribution is -2.44. The van der Waals surface area contributed by atoms with Crippen LogP contribution >= 0.6 is 0 Å². The van der Waals surface area contributed by atoms with Crippen molar-refractivity contribution in [3.8, 4) is 11.4 Å². The first-order valence-electron chi connectivity index (χ1n) is 10.6. The second-order valence-electron chi connectivity index (χ2n) is 8.08. The van der Waals surface area contributed by atoms with Gasteiger partial charge in [0.15, 0.2) is 0 Å². The number of likely N-dealkylation sites (N-methyl/N-ethyl adjacent to an activating group) is 1. The van der Waals surface area contributed by atoms with Crippen molar-refractivity contribution >= 4 is 17.3 Å². The summed E-state index contributed by atoms with van der Waals surface area (Å²) in [6.45, 7) is 7.94. The Bertz CT molecular complexity index is 1080. The van der Waals surface area contributed by atoms with Gasteiger partial charge in [0, 0.05) is 49.3 Å². The molecule has 1 amide bonds. The van der Waals surface area contributed by atoms with Gasteiger partial charge in [-0.15, -0.1) is 0 Å². The number of nitrogens with zero attached hydrogens (tertiary/aromatic N) is 3. The summed E-state index contributed by atoms with van der Waals surface area (Å²) in [6.07, 6.45) is 0. The van der Waals surface area contributed by atoms with Crippen molar-refractivity contribution in [3.63, 3.8) is 0 Å². The molecule has 3 aromatic rings. The first-order chi connectivity index (χ1) is 15.0. The van der Waals surface area contributed by atoms with Gasteiger partial charge in [-0.05, 0) is 51.2 Å². The van der Waals surface area contributed by atoms with Gasteiger partial charge in [0.2, 0.25) is 0 Å². The van der Waals surface area contributed by atoms with Crippen LogP contribution in [-0.4, -0.2) is 55.7 Å². The van der Waals surface area contributed by atoms with E-state index in [9.17, 15) is 4.79 Å². The summed E-state index contributed by atoms with van der Waals surface area (Å²) >= 11 is 0. The summed E-state index contributed by atoms with van der Waals surface area (Å²) in [5.41, 5.74) is 5.48. The van der Waals surface area contributed by atoms with Gasteiger partial charge < -0.3 is 24.4 Å². The highest BCUT2D eigenvalue weighted by Crippen LogP contribution is 2.29. The molecule has 4 rings (SSSR count). The predicted molar refractivity (Wildman–Crippen MR) is 126 cm³/mol. The van der Waals surface area contributed by atoms with Crippen LogP contribution in [0, 0.1) is 13.8 Å². The van der Waals surface area contributed by atoms with E-state index >= 15 is 0 Å². The number of anilines is 2. The largest absolute Gasteiger partial charge is 0.497 e. The predicted octanol–water partition coefficient (Wildman–Crippen LogP) is 4.11. The van der Waals surface area contributed by atoms with Crippen LogP contribution in [0.5, 0.6) is 5.75 Å². The van der Waals surface area contributed by atoms with Crippen LogP contribution < -0.4 is 15.0 Å². The summed E-state index contributed by atoms with van der Waals surface area (Å²) in [5, 5.41) is 3.16. The zero-order chi connectivity index (χ0) is 22.0. The van der Waals surface area contributed by atoms with Gasteiger partial charge in [-0.25, -0.2) is 0 Å². The molecular weight excluding hydrogens is 388 g/mol. The topological polar surface area (TPSA) is 49.7 Å². The molecular formula is C25H30N4O2. The van der Waals surface area contributed by atoms with Crippen LogP contribution in [0.15, 0.2) is 54.6 Å². The molecule has 1 N–H and O–H groups in total. The Morgan fingerprint density at radius 1 is 0.968 bits per heavy atom. The lowest BCUT2D eigenvalue weighted by Gasteiger charge is -2.35. The van der Waals surface area contributed by atoms with Crippen LogP contribution in [0.4, 0.5) is 11.4 Å². The molecule has 0 saturated carbocycles. The molecule has 162 valence electrons. The molecule has 1 aliphatic rings. The number of carbonyl (C=O) groups excluding carboxylic acids is 1. The van der Waals surface area contributed by atoms with Crippen LogP contribution in [0.3, 0.4) is 0 Å². The fourth-order valence-corrected chi connectivity index (χ4v) is 4.23. The molecule has 0 spiro atoms. The van der Waals surface area contributed by atoms with E-state index in [1.807, 2.05) is 62.4 Å². The van der Waals surface area contributed by atoms with E-state index in [1.54, 1.807) is 7.11 Å². The molecule has 0 radical (unpaired) electrons. The highest BCUT2D eigenvalue weighted by atomic mass is 16.5. The Hall–Kier alpha value is -3.25. The standard InChI is InChI=1S/C25H30N4O2/c1-18-16-22(19(2)29(18)20-8-7-9-21(17-20)31-4)25(30)26-23-10-5-6-11-24(23)28-14-12-27(3)13-15-28/h5-11,16-17H,12-15H2,1-4H3,(H,26,30). The Labute approximate surface area is 184 Å². The lowest BCUT2D eigenvalue weighted by molar-refractivity contribution is 0.102. The number of benzene rings is 2. The molecule has 6 nitrogen and oxygen atoms in total. The van der Waals surface area contributed by atoms with Gasteiger partial charge >= 0.3 is 0 Å². The minimum absolute atomic E-state index is 0.0937. The number of para-hydroxylation sites is 2. The number of amides is 1. The van der Waals surface area contributed by atoms with Crippen LogP contribution in [0.25, 0.3) is 5.69 Å². The maximum Gasteiger partial charge on any atom is 0.257 e. The van der Waals surface area contributed by atoms with Gasteiger partial charge in [0.1, 0.15) is 5.75 Å². The smallest absolute Gasteiger partial charge is 0.257 e. The number of piperazine rings is 1. The normalized spacial score (nSPS) is 14.5. The number of aromatic nitrogens is 1. The Morgan fingerprint density at radius 2 is 1.71 bits per heavy atom. The molecule has 0 bridgehead atoms. The van der Waals surface area contributed by atoms with Gasteiger partial charge in [-0.2, -0.15) is 0 Å². The summed E-state index contributed by atoms with van der Waals surface area (Å²) in [7, 11) is 3.80. The molecule has 0 atom stereocenters. The number of ether oxygens (including phenoxy) is 1. The van der Waals surface area contributed by atoms with E-state index in [0.717, 1.165) is 60.4 Å². The zero-order valence-electron chi connectivity index (χ0n) is 18.7. The summed E-state index contributed by atoms with van der Waals surface area (Å²) < 4.78 is 7.45. The number of rotatable bonds is 5. The second-order valence-corrected chi connectivity index (χ2v) is 8.08. The molecule has 0 unspecified atom stereocenters. The first kappa shape index (κ1) is 21.0. The van der Waals surface area contributed by atoms with Crippen molar-refractivity contribution in [2.24, 2.45) is 0 Å². The van der Waals surface area contributed by atoms with E-state index < -0.39 is 0 Å². The number of hydrogen-bond acceptors (Lipinski definition) is 4. The second kappa shape index (κ2) is 8.86. The monoisotopic (exact) mass is 418 g/mol. The van der Waals surface area contributed by atoms with Gasteiger partial charge in [-0.1, -0.05) is 18.2 Å². The first-order valence-corrected chi connectivity index (χ1v) is 10.6. The fourth-order valence-electron chi connectivity index (χ4n) is 4.23. The summed E-state index contributed by atoms with van der Waals surface area (Å²) in [5.74, 6) is 0.695. The summed E-state index contributed by atoms with van der Waals surface area (Å²) in [4.78, 5) is 17.9. The number of hydrogen-bond donors (Lipinski definition) is 1. The SMILES string of the molecule is COc1cccc(-n2c(C)cc(C(=O)Nc3ccccc3N3CCN(C)CC3)c2C)c1. The van der Waals surface area contributed by atoms with E-state index in [0.29, 0.717) is 5.56 Å². The van der Waals surface area contributed by atoms with Crippen molar-refractivity contribution < 1.29 is 9.53 Å². The highest BCUT2D eigenvalue weighted by molar-refractivity contribution is 6.07. The quantitative estimate of drug-likeness (QED) is 0.678. The molecule has 6 heteroatoms. The molecule has 31 heavy (non-hydrogen) atoms. The molecule has 1 fully saturated rings. The Morgan fingerprint density at radius 3 is 2.45 bits per heavy atom. The third kappa shape index (κ3) is 4.30. The van der Waals surface area contributed by atoms with Crippen molar-refractivity contribution in [1.82, 2.24) is 9.47 Å². The molecule has 0 aliphatic carbocycles. The Kier molecular flexibility index (Phi) is 6.00. The van der Waals surface area contributed by atoms with Gasteiger partial charge in [0.05, 0.1) is 24.0 Å². The highest BCUT2D eigenvalue weighted by Gasteiger charge is 2.21. The van der Waals surface area contributed by atoms with Crippen molar-refractivity contribution in [2.75, 3.05) is 50.6 Å². The lowest BCUT2D eigenvalue weighted by atomic mass is 10.2. The maximum absolute atomic E-state index is 13.3. The number of nitrogens with one attached hydrogen (secondary N) is 1. The zero-order valence-corrected chi connectivity index (χ0v) is 18.7. The molecule has 1 aliphatic heterocycles. The van der Waals surface area contributed by atoms with E-state index in [2.05, 4.69) is 32.8 Å². The molecule has 2 aromatic carbocycles. The van der Waals surface area contributed by atoms with Crippen molar-refractivity contribution in [1.29, 1.82) is 0 Å². The van der Waals surface area contributed by atoms with E-state index in [-0.39, 0.29) is 5.91 Å². The summed E-state index contributed by atoms with van der Waals surface area (Å²) in [6, 6.07) is 17.9. The minimum Gasteiger partial charge on any atom is -0.497 e. The van der Waals surface area contributed by atoms with Crippen LogP contribution in [0.1, 0.15) is 21.7 Å². The van der Waals surface area contributed by atoms with Crippen molar-refractivity contribution in [2.45, 2.75) is 13.8 Å². The molecule has 2 heterocycles. The average molecular weight is 419 g/mol. The average Bonchev–Trinajstić information content (AvgIpc) is 3.09. The number of carbonyl (C=O) groups is 1. The van der Waals surface area contributed by atoms with E-state index in [4.69, 9.17) is 4.74 Å². The molecule has 1 aromatic heterocycles. The van der Waals surface area contributed by atoms with Crippen molar-refractivity contribution in [3.05, 3.63) is 71.5 Å². The van der Waals surface area contributed by atoms with E-state index in [1.165, 1.54) is 0 Å². The molecule has 1 saturated heterocycles. The van der Waals surface area contributed by atoms with Crippen LogP contribution in [0.2, 0.25) is 0 Å². The van der Waals surface area contributed by atoms with Gasteiger partial charge in [0.25, 0.3) is 5.91 Å². The van der Waals surface area contributed by atoms with Gasteiger partial charge in [-0.3, -0.25) is 4.79 Å². The number of aryl methyl sites for hydroxylation is 1. The minimum atomic E-state index is -0.0937.